The lowest BCUT2D eigenvalue weighted by molar-refractivity contribution is -0.187. The fraction of sp³-hybridized carbons (Fsp3) is 0.200. The number of carbonyl (C=O) groups excluding carboxylic acids is 4. The quantitative estimate of drug-likeness (QED) is 0.273. The minimum absolute atomic E-state index is 0.0585. The zero-order valence-corrected chi connectivity index (χ0v) is 16.1. The summed E-state index contributed by atoms with van der Waals surface area (Å²) in [6.45, 7) is 1.59. The predicted molar refractivity (Wildman–Crippen MR) is 98.2 cm³/mol. The van der Waals surface area contributed by atoms with Gasteiger partial charge < -0.3 is 18.9 Å². The molecule has 0 N–H and O–H groups in total. The molecule has 10 heteroatoms. The van der Waals surface area contributed by atoms with Crippen molar-refractivity contribution < 1.29 is 47.9 Å². The second-order valence-electron chi connectivity index (χ2n) is 5.53. The maximum Gasteiger partial charge on any atom is 0.390 e. The predicted octanol–water partition coefficient (Wildman–Crippen LogP) is 2.41. The molecule has 2 rings (SSSR count). The van der Waals surface area contributed by atoms with Crippen molar-refractivity contribution >= 4 is 23.9 Å². The summed E-state index contributed by atoms with van der Waals surface area (Å²) in [5.74, 6) is -3.02. The maximum absolute atomic E-state index is 12.3. The van der Waals surface area contributed by atoms with Crippen LogP contribution in [0.1, 0.15) is 34.6 Å². The standard InChI is InChI=1S/C20H18O10/c1-13(21)25-11-27-17-9-5-3-7-15(17)19(23)29-30-20(24)16-8-4-6-10-18(16)28-12-26-14(2)22/h3-10H,11-12H2,1-2H3. The molecule has 0 heterocycles. The van der Waals surface area contributed by atoms with Crippen LogP contribution in [0.2, 0.25) is 0 Å². The van der Waals surface area contributed by atoms with Crippen molar-refractivity contribution in [1.82, 2.24) is 0 Å². The van der Waals surface area contributed by atoms with Gasteiger partial charge in [-0.3, -0.25) is 9.59 Å². The first kappa shape index (κ1) is 22.2. The highest BCUT2D eigenvalue weighted by atomic mass is 17.2. The Kier molecular flexibility index (Phi) is 8.18. The molecule has 0 aliphatic carbocycles. The van der Waals surface area contributed by atoms with E-state index >= 15 is 0 Å². The Morgan fingerprint density at radius 1 is 0.633 bits per heavy atom. The normalized spacial score (nSPS) is 9.80. The molecule has 0 bridgehead atoms. The molecule has 0 amide bonds. The number of carbonyl (C=O) groups is 4. The zero-order valence-electron chi connectivity index (χ0n) is 16.1. The first-order valence-electron chi connectivity index (χ1n) is 8.52. The summed E-state index contributed by atoms with van der Waals surface area (Å²) < 4.78 is 19.7. The van der Waals surface area contributed by atoms with E-state index in [1.807, 2.05) is 0 Å². The third-order valence-corrected chi connectivity index (χ3v) is 3.36. The number of para-hydroxylation sites is 2. The van der Waals surface area contributed by atoms with Crippen LogP contribution in [0.15, 0.2) is 48.5 Å². The smallest absolute Gasteiger partial charge is 0.390 e. The van der Waals surface area contributed by atoms with Crippen molar-refractivity contribution in [1.29, 1.82) is 0 Å². The molecular formula is C20H18O10. The van der Waals surface area contributed by atoms with E-state index in [2.05, 4.69) is 19.2 Å². The number of esters is 2. The molecule has 0 aliphatic heterocycles. The van der Waals surface area contributed by atoms with Crippen LogP contribution in [0.3, 0.4) is 0 Å². The molecule has 10 nitrogen and oxygen atoms in total. The number of hydrogen-bond donors (Lipinski definition) is 0. The summed E-state index contributed by atoms with van der Waals surface area (Å²) >= 11 is 0. The zero-order chi connectivity index (χ0) is 21.9. The van der Waals surface area contributed by atoms with Crippen LogP contribution in [-0.4, -0.2) is 37.5 Å². The lowest BCUT2D eigenvalue weighted by atomic mass is 10.2. The van der Waals surface area contributed by atoms with Crippen LogP contribution >= 0.6 is 0 Å². The van der Waals surface area contributed by atoms with Crippen molar-refractivity contribution in [2.45, 2.75) is 13.8 Å². The van der Waals surface area contributed by atoms with E-state index in [1.165, 1.54) is 50.2 Å². The Morgan fingerprint density at radius 2 is 1.00 bits per heavy atom. The van der Waals surface area contributed by atoms with Crippen LogP contribution < -0.4 is 9.47 Å². The number of benzene rings is 2. The first-order chi connectivity index (χ1) is 14.4. The summed E-state index contributed by atoms with van der Waals surface area (Å²) in [5.41, 5.74) is -0.117. The fourth-order valence-electron chi connectivity index (χ4n) is 2.04. The SMILES string of the molecule is CC(=O)OCOc1ccccc1C(=O)OOC(=O)c1ccccc1OCOC(C)=O. The highest BCUT2D eigenvalue weighted by Gasteiger charge is 2.20. The van der Waals surface area contributed by atoms with E-state index in [1.54, 1.807) is 12.1 Å². The van der Waals surface area contributed by atoms with Gasteiger partial charge in [-0.05, 0) is 24.3 Å². The average Bonchev–Trinajstić information content (AvgIpc) is 2.72. The molecule has 0 radical (unpaired) electrons. The van der Waals surface area contributed by atoms with Gasteiger partial charge in [-0.15, -0.1) is 0 Å². The Bertz CT molecular complexity index is 846. The highest BCUT2D eigenvalue weighted by molar-refractivity contribution is 5.95. The van der Waals surface area contributed by atoms with Crippen LogP contribution in [-0.2, 0) is 28.8 Å². The van der Waals surface area contributed by atoms with Crippen LogP contribution in [0.5, 0.6) is 11.5 Å². The molecule has 0 aromatic heterocycles. The monoisotopic (exact) mass is 418 g/mol. The van der Waals surface area contributed by atoms with Gasteiger partial charge in [0, 0.05) is 13.8 Å². The second-order valence-corrected chi connectivity index (χ2v) is 5.53. The molecule has 0 saturated carbocycles. The van der Waals surface area contributed by atoms with Gasteiger partial charge in [-0.1, -0.05) is 24.3 Å². The van der Waals surface area contributed by atoms with E-state index < -0.39 is 37.5 Å². The van der Waals surface area contributed by atoms with Crippen LogP contribution in [0.25, 0.3) is 0 Å². The van der Waals surface area contributed by atoms with Gasteiger partial charge in [0.15, 0.2) is 0 Å². The molecule has 2 aromatic carbocycles. The van der Waals surface area contributed by atoms with Gasteiger partial charge in [0.25, 0.3) is 0 Å². The summed E-state index contributed by atoms with van der Waals surface area (Å²) in [7, 11) is 0. The van der Waals surface area contributed by atoms with Gasteiger partial charge in [-0.25, -0.2) is 19.4 Å². The van der Waals surface area contributed by atoms with Crippen LogP contribution in [0, 0.1) is 0 Å². The Labute approximate surface area is 171 Å². The van der Waals surface area contributed by atoms with Crippen molar-refractivity contribution in [3.8, 4) is 11.5 Å². The van der Waals surface area contributed by atoms with Crippen molar-refractivity contribution in [3.63, 3.8) is 0 Å². The Hall–Kier alpha value is -4.08. The van der Waals surface area contributed by atoms with Crippen molar-refractivity contribution in [2.75, 3.05) is 13.6 Å². The van der Waals surface area contributed by atoms with Gasteiger partial charge in [0.05, 0.1) is 0 Å². The van der Waals surface area contributed by atoms with Gasteiger partial charge in [0.2, 0.25) is 13.6 Å². The van der Waals surface area contributed by atoms with E-state index in [0.717, 1.165) is 0 Å². The lowest BCUT2D eigenvalue weighted by Crippen LogP contribution is -2.15. The summed E-state index contributed by atoms with van der Waals surface area (Å²) in [5, 5.41) is 0. The molecule has 0 fully saturated rings. The third kappa shape index (κ3) is 6.82. The summed E-state index contributed by atoms with van der Waals surface area (Å²) in [6.07, 6.45) is 0. The molecule has 0 saturated heterocycles. The minimum atomic E-state index is -1.01. The molecule has 0 aliphatic rings. The molecule has 2 aromatic rings. The molecular weight excluding hydrogens is 400 g/mol. The lowest BCUT2D eigenvalue weighted by Gasteiger charge is -2.11. The number of hydrogen-bond acceptors (Lipinski definition) is 10. The van der Waals surface area contributed by atoms with Crippen molar-refractivity contribution in [2.24, 2.45) is 0 Å². The van der Waals surface area contributed by atoms with Crippen LogP contribution in [0.4, 0.5) is 0 Å². The second kappa shape index (κ2) is 11.1. The molecule has 158 valence electrons. The highest BCUT2D eigenvalue weighted by Crippen LogP contribution is 2.21. The van der Waals surface area contributed by atoms with Gasteiger partial charge in [0.1, 0.15) is 22.6 Å². The van der Waals surface area contributed by atoms with E-state index in [-0.39, 0.29) is 22.6 Å². The molecule has 0 atom stereocenters. The summed E-state index contributed by atoms with van der Waals surface area (Å²) in [4.78, 5) is 55.3. The first-order valence-corrected chi connectivity index (χ1v) is 8.52. The molecule has 0 unspecified atom stereocenters. The Balaban J connectivity index is 1.99. The van der Waals surface area contributed by atoms with Gasteiger partial charge in [-0.2, -0.15) is 0 Å². The minimum Gasteiger partial charge on any atom is -0.456 e. The number of ether oxygens (including phenoxy) is 4. The average molecular weight is 418 g/mol. The topological polar surface area (TPSA) is 124 Å². The fourth-order valence-corrected chi connectivity index (χ4v) is 2.04. The third-order valence-electron chi connectivity index (χ3n) is 3.36. The number of rotatable bonds is 8. The maximum atomic E-state index is 12.3. The molecule has 0 spiro atoms. The van der Waals surface area contributed by atoms with E-state index in [9.17, 15) is 19.2 Å². The molecule has 30 heavy (non-hydrogen) atoms. The van der Waals surface area contributed by atoms with Gasteiger partial charge >= 0.3 is 23.9 Å². The Morgan fingerprint density at radius 3 is 1.37 bits per heavy atom. The largest absolute Gasteiger partial charge is 0.456 e. The van der Waals surface area contributed by atoms with Crippen molar-refractivity contribution in [3.05, 3.63) is 59.7 Å². The van der Waals surface area contributed by atoms with E-state index in [0.29, 0.717) is 0 Å². The van der Waals surface area contributed by atoms with E-state index in [4.69, 9.17) is 9.47 Å². The summed E-state index contributed by atoms with van der Waals surface area (Å²) in [6, 6.07) is 11.9.